The fourth-order valence-corrected chi connectivity index (χ4v) is 3.71. The summed E-state index contributed by atoms with van der Waals surface area (Å²) in [4.78, 5) is 14.4. The molecule has 0 bridgehead atoms. The first kappa shape index (κ1) is 12.4. The lowest BCUT2D eigenvalue weighted by Crippen LogP contribution is -2.47. The summed E-state index contributed by atoms with van der Waals surface area (Å²) in [5.41, 5.74) is 0. The van der Waals surface area contributed by atoms with Crippen LogP contribution in [0.5, 0.6) is 0 Å². The van der Waals surface area contributed by atoms with Gasteiger partial charge in [0.25, 0.3) is 0 Å². The first-order valence-electron chi connectivity index (χ1n) is 7.33. The van der Waals surface area contributed by atoms with Crippen LogP contribution in [0.15, 0.2) is 0 Å². The normalized spacial score (nSPS) is 40.3. The van der Waals surface area contributed by atoms with Crippen molar-refractivity contribution in [3.05, 3.63) is 0 Å². The lowest BCUT2D eigenvalue weighted by Gasteiger charge is -2.30. The second-order valence-corrected chi connectivity index (χ2v) is 6.05. The maximum absolute atomic E-state index is 12.4. The van der Waals surface area contributed by atoms with E-state index < -0.39 is 0 Å². The summed E-state index contributed by atoms with van der Waals surface area (Å²) in [5.74, 6) is 2.90. The van der Waals surface area contributed by atoms with Gasteiger partial charge < -0.3 is 15.0 Å². The number of ether oxygens (including phenoxy) is 1. The van der Waals surface area contributed by atoms with Crippen molar-refractivity contribution in [3.63, 3.8) is 0 Å². The molecule has 3 aliphatic rings. The molecule has 4 unspecified atom stereocenters. The number of fused-ring (bicyclic) bond motifs is 1. The van der Waals surface area contributed by atoms with E-state index in [0.29, 0.717) is 13.2 Å². The molecule has 0 aromatic carbocycles. The van der Waals surface area contributed by atoms with Crippen LogP contribution in [-0.2, 0) is 9.53 Å². The molecule has 0 aromatic rings. The summed E-state index contributed by atoms with van der Waals surface area (Å²) in [6.45, 7) is 2.93. The van der Waals surface area contributed by atoms with E-state index in [0.717, 1.165) is 30.8 Å². The van der Waals surface area contributed by atoms with Gasteiger partial charge in [-0.05, 0) is 37.6 Å². The number of carbonyl (C=O) groups is 1. The van der Waals surface area contributed by atoms with Gasteiger partial charge in [0, 0.05) is 13.1 Å². The Morgan fingerprint density at radius 3 is 3.17 bits per heavy atom. The van der Waals surface area contributed by atoms with Crippen molar-refractivity contribution in [1.82, 2.24) is 10.2 Å². The SMILES string of the molecule is CNC1COCCN(CC2CCCC3CC32)C1=O. The topological polar surface area (TPSA) is 41.6 Å². The number of hydrogen-bond donors (Lipinski definition) is 1. The number of carbonyl (C=O) groups excluding carboxylic acids is 1. The minimum atomic E-state index is -0.147. The largest absolute Gasteiger partial charge is 0.377 e. The molecule has 4 heteroatoms. The van der Waals surface area contributed by atoms with Gasteiger partial charge in [0.05, 0.1) is 13.2 Å². The number of likely N-dealkylation sites (N-methyl/N-ethyl adjacent to an activating group) is 1. The Labute approximate surface area is 109 Å². The minimum Gasteiger partial charge on any atom is -0.377 e. The van der Waals surface area contributed by atoms with Crippen LogP contribution in [0.25, 0.3) is 0 Å². The molecule has 1 saturated heterocycles. The summed E-state index contributed by atoms with van der Waals surface area (Å²) < 4.78 is 5.50. The molecule has 2 aliphatic carbocycles. The van der Waals surface area contributed by atoms with Crippen LogP contribution in [0.2, 0.25) is 0 Å². The zero-order valence-corrected chi connectivity index (χ0v) is 11.2. The van der Waals surface area contributed by atoms with Gasteiger partial charge in [0.15, 0.2) is 0 Å². The van der Waals surface area contributed by atoms with Crippen LogP contribution in [0.4, 0.5) is 0 Å². The Hall–Kier alpha value is -0.610. The molecular weight excluding hydrogens is 228 g/mol. The molecule has 2 saturated carbocycles. The lowest BCUT2D eigenvalue weighted by atomic mass is 9.88. The zero-order valence-electron chi connectivity index (χ0n) is 11.2. The third kappa shape index (κ3) is 2.41. The second-order valence-electron chi connectivity index (χ2n) is 6.05. The third-order valence-corrected chi connectivity index (χ3v) is 4.94. The van der Waals surface area contributed by atoms with E-state index >= 15 is 0 Å². The molecule has 1 heterocycles. The fourth-order valence-electron chi connectivity index (χ4n) is 3.71. The first-order chi connectivity index (χ1) is 8.79. The van der Waals surface area contributed by atoms with Crippen LogP contribution >= 0.6 is 0 Å². The fraction of sp³-hybridized carbons (Fsp3) is 0.929. The van der Waals surface area contributed by atoms with Crippen LogP contribution < -0.4 is 5.32 Å². The Morgan fingerprint density at radius 2 is 2.33 bits per heavy atom. The van der Waals surface area contributed by atoms with Crippen molar-refractivity contribution in [3.8, 4) is 0 Å². The quantitative estimate of drug-likeness (QED) is 0.810. The van der Waals surface area contributed by atoms with Crippen molar-refractivity contribution < 1.29 is 9.53 Å². The highest BCUT2D eigenvalue weighted by molar-refractivity contribution is 5.82. The van der Waals surface area contributed by atoms with Gasteiger partial charge >= 0.3 is 0 Å². The Morgan fingerprint density at radius 1 is 1.44 bits per heavy atom. The molecule has 4 nitrogen and oxygen atoms in total. The number of nitrogens with zero attached hydrogens (tertiary/aromatic N) is 1. The van der Waals surface area contributed by atoms with Gasteiger partial charge in [-0.25, -0.2) is 0 Å². The van der Waals surface area contributed by atoms with Gasteiger partial charge in [-0.3, -0.25) is 4.79 Å². The molecule has 1 amide bonds. The van der Waals surface area contributed by atoms with E-state index in [-0.39, 0.29) is 11.9 Å². The molecule has 4 atom stereocenters. The molecule has 0 spiro atoms. The molecule has 0 aromatic heterocycles. The zero-order chi connectivity index (χ0) is 12.5. The van der Waals surface area contributed by atoms with Gasteiger partial charge in [0.1, 0.15) is 6.04 Å². The first-order valence-corrected chi connectivity index (χ1v) is 7.33. The maximum Gasteiger partial charge on any atom is 0.242 e. The molecule has 18 heavy (non-hydrogen) atoms. The monoisotopic (exact) mass is 252 g/mol. The highest BCUT2D eigenvalue weighted by Gasteiger charge is 2.45. The van der Waals surface area contributed by atoms with E-state index in [2.05, 4.69) is 5.32 Å². The third-order valence-electron chi connectivity index (χ3n) is 4.94. The highest BCUT2D eigenvalue weighted by Crippen LogP contribution is 2.52. The van der Waals surface area contributed by atoms with Crippen LogP contribution in [-0.4, -0.2) is 50.2 Å². The summed E-state index contributed by atoms with van der Waals surface area (Å²) >= 11 is 0. The molecule has 102 valence electrons. The second kappa shape index (κ2) is 5.17. The predicted molar refractivity (Wildman–Crippen MR) is 69.2 cm³/mol. The smallest absolute Gasteiger partial charge is 0.242 e. The van der Waals surface area contributed by atoms with E-state index in [4.69, 9.17) is 4.74 Å². The van der Waals surface area contributed by atoms with Crippen molar-refractivity contribution in [2.45, 2.75) is 31.7 Å². The van der Waals surface area contributed by atoms with Crippen molar-refractivity contribution in [2.75, 3.05) is 33.4 Å². The van der Waals surface area contributed by atoms with Gasteiger partial charge in [-0.15, -0.1) is 0 Å². The predicted octanol–water partition coefficient (Wildman–Crippen LogP) is 0.869. The van der Waals surface area contributed by atoms with E-state index in [9.17, 15) is 4.79 Å². The van der Waals surface area contributed by atoms with Crippen molar-refractivity contribution in [2.24, 2.45) is 17.8 Å². The molecule has 3 fully saturated rings. The van der Waals surface area contributed by atoms with Crippen LogP contribution in [0.1, 0.15) is 25.7 Å². The summed E-state index contributed by atoms with van der Waals surface area (Å²) in [5, 5.41) is 3.07. The standard InChI is InChI=1S/C14H24N2O2/c1-15-13-9-18-6-5-16(14(13)17)8-11-4-2-3-10-7-12(10)11/h10-13,15H,2-9H2,1H3. The van der Waals surface area contributed by atoms with E-state index in [1.54, 1.807) is 0 Å². The Kier molecular flexibility index (Phi) is 3.57. The van der Waals surface area contributed by atoms with Gasteiger partial charge in [-0.1, -0.05) is 12.8 Å². The molecule has 3 rings (SSSR count). The molecule has 1 N–H and O–H groups in total. The highest BCUT2D eigenvalue weighted by atomic mass is 16.5. The Balaban J connectivity index is 1.61. The molecular formula is C14H24N2O2. The van der Waals surface area contributed by atoms with Crippen molar-refractivity contribution in [1.29, 1.82) is 0 Å². The average Bonchev–Trinajstić information content (AvgIpc) is 3.17. The van der Waals surface area contributed by atoms with Crippen LogP contribution in [0, 0.1) is 17.8 Å². The lowest BCUT2D eigenvalue weighted by molar-refractivity contribution is -0.133. The summed E-state index contributed by atoms with van der Waals surface area (Å²) in [7, 11) is 1.84. The summed E-state index contributed by atoms with van der Waals surface area (Å²) in [6, 6.07) is -0.147. The average molecular weight is 252 g/mol. The van der Waals surface area contributed by atoms with E-state index in [1.807, 2.05) is 11.9 Å². The minimum absolute atomic E-state index is 0.147. The number of hydrogen-bond acceptors (Lipinski definition) is 3. The Bertz CT molecular complexity index is 321. The molecule has 0 radical (unpaired) electrons. The maximum atomic E-state index is 12.4. The number of rotatable bonds is 3. The van der Waals surface area contributed by atoms with Crippen LogP contribution in [0.3, 0.4) is 0 Å². The van der Waals surface area contributed by atoms with Gasteiger partial charge in [-0.2, -0.15) is 0 Å². The number of amides is 1. The molecule has 1 aliphatic heterocycles. The number of nitrogens with one attached hydrogen (secondary N) is 1. The van der Waals surface area contributed by atoms with Crippen molar-refractivity contribution >= 4 is 5.91 Å². The summed E-state index contributed by atoms with van der Waals surface area (Å²) in [6.07, 6.45) is 5.52. The van der Waals surface area contributed by atoms with E-state index in [1.165, 1.54) is 25.7 Å². The van der Waals surface area contributed by atoms with Gasteiger partial charge in [0.2, 0.25) is 5.91 Å².